The van der Waals surface area contributed by atoms with Crippen molar-refractivity contribution in [3.8, 4) is 5.75 Å². The molecule has 0 fully saturated rings. The van der Waals surface area contributed by atoms with Gasteiger partial charge >= 0.3 is 0 Å². The number of halogens is 1. The normalized spacial score (nSPS) is 10.7. The zero-order valence-electron chi connectivity index (χ0n) is 9.56. The van der Waals surface area contributed by atoms with E-state index < -0.39 is 0 Å². The smallest absolute Gasteiger partial charge is 0.138 e. The minimum Gasteiger partial charge on any atom is -0.486 e. The van der Waals surface area contributed by atoms with Crippen LogP contribution in [-0.2, 0) is 6.61 Å². The molecule has 3 aromatic rings. The molecule has 0 aliphatic carbocycles. The Morgan fingerprint density at radius 3 is 2.94 bits per heavy atom. The molecule has 0 aliphatic rings. The Labute approximate surface area is 109 Å². The molecule has 0 saturated carbocycles. The molecule has 0 spiro atoms. The van der Waals surface area contributed by atoms with Gasteiger partial charge in [0, 0.05) is 22.1 Å². The molecule has 4 heteroatoms. The van der Waals surface area contributed by atoms with Crippen molar-refractivity contribution in [2.45, 2.75) is 6.61 Å². The number of benzene rings is 1. The Morgan fingerprint density at radius 2 is 2.17 bits per heavy atom. The van der Waals surface area contributed by atoms with Crippen molar-refractivity contribution in [2.75, 3.05) is 0 Å². The molecule has 0 amide bonds. The number of hydrogen-bond donors (Lipinski definition) is 1. The van der Waals surface area contributed by atoms with Gasteiger partial charge in [-0.15, -0.1) is 0 Å². The average molecular weight is 259 g/mol. The van der Waals surface area contributed by atoms with E-state index in [4.69, 9.17) is 16.3 Å². The van der Waals surface area contributed by atoms with Gasteiger partial charge in [0.25, 0.3) is 0 Å². The van der Waals surface area contributed by atoms with Crippen LogP contribution in [0.4, 0.5) is 0 Å². The number of nitrogens with one attached hydrogen (secondary N) is 1. The second-order valence-corrected chi connectivity index (χ2v) is 4.38. The van der Waals surface area contributed by atoms with E-state index in [-0.39, 0.29) is 0 Å². The number of H-pyrrole nitrogens is 1. The number of fused-ring (bicyclic) bond motifs is 1. The third-order valence-corrected chi connectivity index (χ3v) is 3.03. The first-order valence-electron chi connectivity index (χ1n) is 5.62. The fourth-order valence-corrected chi connectivity index (χ4v) is 2.08. The van der Waals surface area contributed by atoms with Gasteiger partial charge in [0.1, 0.15) is 12.4 Å². The summed E-state index contributed by atoms with van der Waals surface area (Å²) < 4.78 is 5.62. The van der Waals surface area contributed by atoms with Crippen molar-refractivity contribution in [1.82, 2.24) is 9.97 Å². The van der Waals surface area contributed by atoms with Gasteiger partial charge in [0.2, 0.25) is 0 Å². The first kappa shape index (κ1) is 11.1. The van der Waals surface area contributed by atoms with Gasteiger partial charge < -0.3 is 9.72 Å². The molecule has 0 bridgehead atoms. The lowest BCUT2D eigenvalue weighted by molar-refractivity contribution is 0.301. The minimum atomic E-state index is 0.469. The van der Waals surface area contributed by atoms with Crippen LogP contribution in [-0.4, -0.2) is 9.97 Å². The zero-order valence-corrected chi connectivity index (χ0v) is 10.3. The van der Waals surface area contributed by atoms with Gasteiger partial charge in [-0.1, -0.05) is 17.7 Å². The second-order valence-electron chi connectivity index (χ2n) is 3.97. The van der Waals surface area contributed by atoms with E-state index >= 15 is 0 Å². The lowest BCUT2D eigenvalue weighted by Gasteiger charge is -2.02. The molecular weight excluding hydrogens is 248 g/mol. The van der Waals surface area contributed by atoms with Crippen LogP contribution in [0.25, 0.3) is 10.9 Å². The van der Waals surface area contributed by atoms with E-state index in [2.05, 4.69) is 9.97 Å². The lowest BCUT2D eigenvalue weighted by atomic mass is 10.2. The van der Waals surface area contributed by atoms with E-state index in [1.807, 2.05) is 36.4 Å². The van der Waals surface area contributed by atoms with Crippen molar-refractivity contribution in [1.29, 1.82) is 0 Å². The van der Waals surface area contributed by atoms with Crippen LogP contribution in [0.5, 0.6) is 5.75 Å². The summed E-state index contributed by atoms with van der Waals surface area (Å²) in [4.78, 5) is 7.27. The van der Waals surface area contributed by atoms with Crippen LogP contribution in [0.1, 0.15) is 5.69 Å². The number of pyridine rings is 1. The molecule has 3 nitrogen and oxygen atoms in total. The lowest BCUT2D eigenvalue weighted by Crippen LogP contribution is -1.95. The Bertz CT molecular complexity index is 664. The fourth-order valence-electron chi connectivity index (χ4n) is 1.85. The summed E-state index contributed by atoms with van der Waals surface area (Å²) >= 11 is 6.12. The quantitative estimate of drug-likeness (QED) is 0.776. The topological polar surface area (TPSA) is 37.9 Å². The Balaban J connectivity index is 1.81. The molecule has 0 unspecified atom stereocenters. The monoisotopic (exact) mass is 258 g/mol. The molecule has 0 radical (unpaired) electrons. The van der Waals surface area contributed by atoms with Crippen LogP contribution in [0.2, 0.25) is 5.02 Å². The van der Waals surface area contributed by atoms with E-state index in [1.165, 1.54) is 0 Å². The molecule has 90 valence electrons. The molecule has 2 heterocycles. The fraction of sp³-hybridized carbons (Fsp3) is 0.0714. The largest absolute Gasteiger partial charge is 0.486 e. The molecule has 3 rings (SSSR count). The summed E-state index contributed by atoms with van der Waals surface area (Å²) in [5, 5.41) is 1.76. The van der Waals surface area contributed by atoms with Crippen molar-refractivity contribution in [3.05, 3.63) is 59.5 Å². The maximum absolute atomic E-state index is 6.12. The Kier molecular flexibility index (Phi) is 2.90. The molecule has 0 saturated heterocycles. The molecular formula is C14H11ClN2O. The predicted molar refractivity (Wildman–Crippen MR) is 71.9 cm³/mol. The summed E-state index contributed by atoms with van der Waals surface area (Å²) in [7, 11) is 0. The average Bonchev–Trinajstić information content (AvgIpc) is 2.82. The first-order valence-corrected chi connectivity index (χ1v) is 6.00. The number of hydrogen-bond acceptors (Lipinski definition) is 2. The van der Waals surface area contributed by atoms with E-state index in [0.29, 0.717) is 6.61 Å². The highest BCUT2D eigenvalue weighted by atomic mass is 35.5. The molecule has 1 aromatic carbocycles. The van der Waals surface area contributed by atoms with Gasteiger partial charge in [-0.25, -0.2) is 0 Å². The van der Waals surface area contributed by atoms with Crippen LogP contribution in [0.3, 0.4) is 0 Å². The van der Waals surface area contributed by atoms with E-state index in [9.17, 15) is 0 Å². The van der Waals surface area contributed by atoms with Gasteiger partial charge in [-0.3, -0.25) is 4.98 Å². The highest BCUT2D eigenvalue weighted by molar-refractivity contribution is 6.35. The summed E-state index contributed by atoms with van der Waals surface area (Å²) in [6.07, 6.45) is 3.41. The molecule has 0 aliphatic heterocycles. The summed E-state index contributed by atoms with van der Waals surface area (Å²) in [5.74, 6) is 0.752. The predicted octanol–water partition coefficient (Wildman–Crippen LogP) is 3.80. The second kappa shape index (κ2) is 4.70. The van der Waals surface area contributed by atoms with Crippen LogP contribution in [0, 0.1) is 0 Å². The Morgan fingerprint density at radius 1 is 1.22 bits per heavy atom. The SMILES string of the molecule is Clc1cccc2[nH]c(COc3cccnc3)cc12. The number of aromatic nitrogens is 2. The zero-order chi connectivity index (χ0) is 12.4. The van der Waals surface area contributed by atoms with Crippen LogP contribution >= 0.6 is 11.6 Å². The van der Waals surface area contributed by atoms with Crippen LogP contribution in [0.15, 0.2) is 48.8 Å². The highest BCUT2D eigenvalue weighted by Crippen LogP contribution is 2.24. The number of rotatable bonds is 3. The number of aromatic amines is 1. The van der Waals surface area contributed by atoms with Crippen molar-refractivity contribution in [3.63, 3.8) is 0 Å². The molecule has 0 atom stereocenters. The maximum Gasteiger partial charge on any atom is 0.138 e. The third-order valence-electron chi connectivity index (χ3n) is 2.70. The summed E-state index contributed by atoms with van der Waals surface area (Å²) in [6, 6.07) is 11.5. The Hall–Kier alpha value is -2.00. The van der Waals surface area contributed by atoms with Crippen molar-refractivity contribution in [2.24, 2.45) is 0 Å². The number of nitrogens with zero attached hydrogens (tertiary/aromatic N) is 1. The summed E-state index contributed by atoms with van der Waals surface area (Å²) in [6.45, 7) is 0.469. The van der Waals surface area contributed by atoms with Crippen LogP contribution < -0.4 is 4.74 Å². The van der Waals surface area contributed by atoms with Gasteiger partial charge in [0.05, 0.1) is 11.9 Å². The van der Waals surface area contributed by atoms with E-state index in [0.717, 1.165) is 27.4 Å². The number of ether oxygens (including phenoxy) is 1. The van der Waals surface area contributed by atoms with Gasteiger partial charge in [-0.05, 0) is 30.3 Å². The molecule has 1 N–H and O–H groups in total. The van der Waals surface area contributed by atoms with Gasteiger partial charge in [0.15, 0.2) is 0 Å². The van der Waals surface area contributed by atoms with Crippen molar-refractivity contribution >= 4 is 22.5 Å². The van der Waals surface area contributed by atoms with E-state index in [1.54, 1.807) is 12.4 Å². The highest BCUT2D eigenvalue weighted by Gasteiger charge is 2.04. The van der Waals surface area contributed by atoms with Gasteiger partial charge in [-0.2, -0.15) is 0 Å². The molecule has 2 aromatic heterocycles. The first-order chi connectivity index (χ1) is 8.83. The third kappa shape index (κ3) is 2.17. The van der Waals surface area contributed by atoms with Crippen molar-refractivity contribution < 1.29 is 4.74 Å². The molecule has 18 heavy (non-hydrogen) atoms. The minimum absolute atomic E-state index is 0.469. The maximum atomic E-state index is 6.12. The summed E-state index contributed by atoms with van der Waals surface area (Å²) in [5.41, 5.74) is 2.01. The standard InChI is InChI=1S/C14H11ClN2O/c15-13-4-1-5-14-12(13)7-10(17-14)9-18-11-3-2-6-16-8-11/h1-8,17H,9H2.